The van der Waals surface area contributed by atoms with Crippen LogP contribution >= 0.6 is 0 Å². The number of benzene rings is 1. The first-order chi connectivity index (χ1) is 9.06. The SMILES string of the molecule is O=S1(=O)C=C(CN2CCOCC2)c2ccc(F)cc21. The third kappa shape index (κ3) is 2.43. The molecule has 102 valence electrons. The van der Waals surface area contributed by atoms with E-state index in [1.54, 1.807) is 6.07 Å². The highest BCUT2D eigenvalue weighted by molar-refractivity contribution is 7.95. The van der Waals surface area contributed by atoms with Crippen LogP contribution in [0.4, 0.5) is 4.39 Å². The van der Waals surface area contributed by atoms with Gasteiger partial charge in [-0.1, -0.05) is 6.07 Å². The quantitative estimate of drug-likeness (QED) is 0.820. The summed E-state index contributed by atoms with van der Waals surface area (Å²) in [5.74, 6) is -0.525. The minimum absolute atomic E-state index is 0.0794. The van der Waals surface area contributed by atoms with Gasteiger partial charge in [-0.3, -0.25) is 4.90 Å². The van der Waals surface area contributed by atoms with Crippen LogP contribution in [0.15, 0.2) is 28.5 Å². The highest BCUT2D eigenvalue weighted by Crippen LogP contribution is 2.34. The number of fused-ring (bicyclic) bond motifs is 1. The molecule has 0 saturated carbocycles. The van der Waals surface area contributed by atoms with Crippen molar-refractivity contribution in [3.63, 3.8) is 0 Å². The Morgan fingerprint density at radius 3 is 2.74 bits per heavy atom. The third-order valence-corrected chi connectivity index (χ3v) is 4.94. The van der Waals surface area contributed by atoms with E-state index in [0.29, 0.717) is 25.3 Å². The zero-order chi connectivity index (χ0) is 13.5. The fraction of sp³-hybridized carbons (Fsp3) is 0.385. The van der Waals surface area contributed by atoms with Gasteiger partial charge in [-0.25, -0.2) is 12.8 Å². The van der Waals surface area contributed by atoms with Crippen LogP contribution in [-0.2, 0) is 14.6 Å². The first kappa shape index (κ1) is 12.8. The third-order valence-electron chi connectivity index (χ3n) is 3.39. The summed E-state index contributed by atoms with van der Waals surface area (Å²) in [6, 6.07) is 3.93. The molecule has 2 aliphatic heterocycles. The second kappa shape index (κ2) is 4.70. The summed E-state index contributed by atoms with van der Waals surface area (Å²) in [5.41, 5.74) is 1.35. The lowest BCUT2D eigenvalue weighted by atomic mass is 10.1. The minimum atomic E-state index is -3.49. The van der Waals surface area contributed by atoms with Crippen LogP contribution in [0.2, 0.25) is 0 Å². The Labute approximate surface area is 111 Å². The molecule has 0 amide bonds. The molecule has 0 unspecified atom stereocenters. The molecule has 6 heteroatoms. The molecule has 19 heavy (non-hydrogen) atoms. The first-order valence-electron chi connectivity index (χ1n) is 6.12. The van der Waals surface area contributed by atoms with Crippen molar-refractivity contribution in [2.75, 3.05) is 32.8 Å². The van der Waals surface area contributed by atoms with Crippen LogP contribution < -0.4 is 0 Å². The van der Waals surface area contributed by atoms with Crippen molar-refractivity contribution in [1.29, 1.82) is 0 Å². The van der Waals surface area contributed by atoms with Gasteiger partial charge in [0.2, 0.25) is 9.84 Å². The zero-order valence-corrected chi connectivity index (χ0v) is 11.1. The number of hydrogen-bond acceptors (Lipinski definition) is 4. The lowest BCUT2D eigenvalue weighted by Crippen LogP contribution is -2.37. The topological polar surface area (TPSA) is 46.6 Å². The maximum absolute atomic E-state index is 13.2. The lowest BCUT2D eigenvalue weighted by molar-refractivity contribution is 0.0444. The van der Waals surface area contributed by atoms with Gasteiger partial charge in [0, 0.05) is 25.0 Å². The summed E-state index contributed by atoms with van der Waals surface area (Å²) in [7, 11) is -3.49. The van der Waals surface area contributed by atoms with Crippen molar-refractivity contribution in [3.8, 4) is 0 Å². The highest BCUT2D eigenvalue weighted by Gasteiger charge is 2.28. The fourth-order valence-electron chi connectivity index (χ4n) is 2.43. The number of nitrogens with zero attached hydrogens (tertiary/aromatic N) is 1. The highest BCUT2D eigenvalue weighted by atomic mass is 32.2. The predicted molar refractivity (Wildman–Crippen MR) is 68.8 cm³/mol. The van der Waals surface area contributed by atoms with Gasteiger partial charge < -0.3 is 4.74 Å². The minimum Gasteiger partial charge on any atom is -0.379 e. The van der Waals surface area contributed by atoms with Crippen molar-refractivity contribution < 1.29 is 17.5 Å². The standard InChI is InChI=1S/C13H14FNO3S/c14-11-1-2-12-10(8-15-3-5-18-6-4-15)9-19(16,17)13(12)7-11/h1-2,7,9H,3-6,8H2. The van der Waals surface area contributed by atoms with E-state index in [-0.39, 0.29) is 4.90 Å². The Morgan fingerprint density at radius 2 is 2.00 bits per heavy atom. The van der Waals surface area contributed by atoms with Gasteiger partial charge in [-0.05, 0) is 23.3 Å². The molecule has 2 aliphatic rings. The van der Waals surface area contributed by atoms with Gasteiger partial charge in [0.05, 0.1) is 18.1 Å². The van der Waals surface area contributed by atoms with Gasteiger partial charge in [0.25, 0.3) is 0 Å². The molecule has 0 bridgehead atoms. The van der Waals surface area contributed by atoms with E-state index in [2.05, 4.69) is 4.90 Å². The van der Waals surface area contributed by atoms with E-state index in [9.17, 15) is 12.8 Å². The van der Waals surface area contributed by atoms with Gasteiger partial charge >= 0.3 is 0 Å². The van der Waals surface area contributed by atoms with Crippen molar-refractivity contribution >= 4 is 15.4 Å². The normalized spacial score (nSPS) is 22.1. The summed E-state index contributed by atoms with van der Waals surface area (Å²) in [6.07, 6.45) is 0. The number of ether oxygens (including phenoxy) is 1. The second-order valence-corrected chi connectivity index (χ2v) is 6.48. The molecule has 1 aromatic rings. The monoisotopic (exact) mass is 283 g/mol. The number of hydrogen-bond donors (Lipinski definition) is 0. The number of morpholine rings is 1. The van der Waals surface area contributed by atoms with E-state index >= 15 is 0 Å². The largest absolute Gasteiger partial charge is 0.379 e. The molecule has 0 spiro atoms. The Bertz CT molecular complexity index is 633. The van der Waals surface area contributed by atoms with Crippen molar-refractivity contribution in [3.05, 3.63) is 35.0 Å². The van der Waals surface area contributed by atoms with E-state index < -0.39 is 15.7 Å². The Balaban J connectivity index is 1.92. The molecule has 0 radical (unpaired) electrons. The summed E-state index contributed by atoms with van der Waals surface area (Å²) >= 11 is 0. The van der Waals surface area contributed by atoms with Crippen molar-refractivity contribution in [1.82, 2.24) is 4.90 Å². The molecule has 1 saturated heterocycles. The van der Waals surface area contributed by atoms with E-state index in [4.69, 9.17) is 4.74 Å². The van der Waals surface area contributed by atoms with Crippen LogP contribution in [0.5, 0.6) is 0 Å². The van der Waals surface area contributed by atoms with Crippen LogP contribution in [0.3, 0.4) is 0 Å². The van der Waals surface area contributed by atoms with Gasteiger partial charge in [0.1, 0.15) is 5.82 Å². The molecule has 0 N–H and O–H groups in total. The van der Waals surface area contributed by atoms with E-state index in [0.717, 1.165) is 24.7 Å². The van der Waals surface area contributed by atoms with Crippen LogP contribution in [-0.4, -0.2) is 46.2 Å². The smallest absolute Gasteiger partial charge is 0.200 e. The van der Waals surface area contributed by atoms with E-state index in [1.807, 2.05) is 0 Å². The predicted octanol–water partition coefficient (Wildman–Crippen LogP) is 1.29. The average molecular weight is 283 g/mol. The molecule has 2 heterocycles. The first-order valence-corrected chi connectivity index (χ1v) is 7.66. The molecule has 1 fully saturated rings. The summed E-state index contributed by atoms with van der Waals surface area (Å²) in [6.45, 7) is 3.45. The maximum atomic E-state index is 13.2. The number of halogens is 1. The molecule has 3 rings (SSSR count). The Hall–Kier alpha value is -1.24. The van der Waals surface area contributed by atoms with Crippen LogP contribution in [0.25, 0.3) is 5.57 Å². The summed E-state index contributed by atoms with van der Waals surface area (Å²) in [4.78, 5) is 2.22. The van der Waals surface area contributed by atoms with E-state index in [1.165, 1.54) is 11.5 Å². The number of sulfone groups is 1. The Kier molecular flexibility index (Phi) is 3.16. The van der Waals surface area contributed by atoms with Gasteiger partial charge in [0.15, 0.2) is 0 Å². The summed E-state index contributed by atoms with van der Waals surface area (Å²) < 4.78 is 42.4. The maximum Gasteiger partial charge on any atom is 0.200 e. The van der Waals surface area contributed by atoms with Crippen LogP contribution in [0.1, 0.15) is 5.56 Å². The molecule has 0 aromatic heterocycles. The molecule has 0 aliphatic carbocycles. The van der Waals surface area contributed by atoms with Gasteiger partial charge in [-0.2, -0.15) is 0 Å². The summed E-state index contributed by atoms with van der Waals surface area (Å²) in [5, 5.41) is 1.26. The average Bonchev–Trinajstić information content (AvgIpc) is 2.62. The molecule has 1 aromatic carbocycles. The second-order valence-electron chi connectivity index (χ2n) is 4.72. The zero-order valence-electron chi connectivity index (χ0n) is 10.3. The molecule has 4 nitrogen and oxygen atoms in total. The van der Waals surface area contributed by atoms with Gasteiger partial charge in [-0.15, -0.1) is 0 Å². The van der Waals surface area contributed by atoms with Crippen molar-refractivity contribution in [2.45, 2.75) is 4.90 Å². The Morgan fingerprint density at radius 1 is 1.26 bits per heavy atom. The van der Waals surface area contributed by atoms with Crippen LogP contribution in [0, 0.1) is 5.82 Å². The van der Waals surface area contributed by atoms with Crippen molar-refractivity contribution in [2.24, 2.45) is 0 Å². The number of rotatable bonds is 2. The molecular weight excluding hydrogens is 269 g/mol. The lowest BCUT2D eigenvalue weighted by Gasteiger charge is -2.26. The molecule has 0 atom stereocenters. The molecular formula is C13H14FNO3S. The fourth-order valence-corrected chi connectivity index (χ4v) is 3.92.